The molecular weight excluding hydrogens is 230 g/mol. The average Bonchev–Trinajstić information content (AvgIpc) is 2.84. The zero-order valence-corrected chi connectivity index (χ0v) is 11.0. The first kappa shape index (κ1) is 13.4. The second kappa shape index (κ2) is 6.24. The number of hydrogen-bond donors (Lipinski definition) is 1. The van der Waals surface area contributed by atoms with Gasteiger partial charge in [0.05, 0.1) is 23.9 Å². The Bertz CT molecular complexity index is 349. The van der Waals surface area contributed by atoms with Gasteiger partial charge in [0.2, 0.25) is 0 Å². The van der Waals surface area contributed by atoms with E-state index in [4.69, 9.17) is 15.2 Å². The van der Waals surface area contributed by atoms with E-state index < -0.39 is 0 Å². The van der Waals surface area contributed by atoms with E-state index in [0.29, 0.717) is 6.54 Å². The van der Waals surface area contributed by atoms with Gasteiger partial charge < -0.3 is 15.2 Å². The van der Waals surface area contributed by atoms with E-state index in [9.17, 15) is 0 Å². The molecule has 0 bridgehead atoms. The molecule has 1 fully saturated rings. The van der Waals surface area contributed by atoms with Gasteiger partial charge in [-0.15, -0.1) is 0 Å². The predicted molar refractivity (Wildman–Crippen MR) is 69.2 cm³/mol. The maximum absolute atomic E-state index is 5.90. The minimum Gasteiger partial charge on any atom is -0.377 e. The SMILES string of the molecule is COC1CN(C(CN)c2ccccn2)CC1OC. The molecule has 100 valence electrons. The van der Waals surface area contributed by atoms with Crippen molar-refractivity contribution in [3.8, 4) is 0 Å². The normalized spacial score (nSPS) is 26.4. The van der Waals surface area contributed by atoms with Crippen LogP contribution in [0.5, 0.6) is 0 Å². The van der Waals surface area contributed by atoms with Crippen molar-refractivity contribution in [2.24, 2.45) is 5.73 Å². The Morgan fingerprint density at radius 3 is 2.44 bits per heavy atom. The van der Waals surface area contributed by atoms with E-state index in [1.807, 2.05) is 18.2 Å². The van der Waals surface area contributed by atoms with Crippen molar-refractivity contribution in [3.63, 3.8) is 0 Å². The summed E-state index contributed by atoms with van der Waals surface area (Å²) in [5.41, 5.74) is 6.90. The smallest absolute Gasteiger partial charge is 0.0972 e. The van der Waals surface area contributed by atoms with E-state index >= 15 is 0 Å². The molecule has 5 heteroatoms. The summed E-state index contributed by atoms with van der Waals surface area (Å²) in [6.45, 7) is 2.20. The molecule has 3 atom stereocenters. The largest absolute Gasteiger partial charge is 0.377 e. The molecule has 0 saturated carbocycles. The van der Waals surface area contributed by atoms with E-state index in [1.54, 1.807) is 20.4 Å². The standard InChI is InChI=1S/C13H21N3O2/c1-17-12-8-16(9-13(12)18-2)11(7-14)10-5-3-4-6-15-10/h3-6,11-13H,7-9,14H2,1-2H3. The lowest BCUT2D eigenvalue weighted by Crippen LogP contribution is -2.33. The van der Waals surface area contributed by atoms with Crippen LogP contribution in [-0.4, -0.2) is 55.9 Å². The van der Waals surface area contributed by atoms with Crippen LogP contribution in [0.4, 0.5) is 0 Å². The Labute approximate surface area is 108 Å². The van der Waals surface area contributed by atoms with Crippen LogP contribution in [-0.2, 0) is 9.47 Å². The molecular formula is C13H21N3O2. The summed E-state index contributed by atoms with van der Waals surface area (Å²) in [5.74, 6) is 0. The maximum atomic E-state index is 5.90. The number of hydrogen-bond acceptors (Lipinski definition) is 5. The molecule has 0 aromatic carbocycles. The van der Waals surface area contributed by atoms with Crippen molar-refractivity contribution in [1.82, 2.24) is 9.88 Å². The van der Waals surface area contributed by atoms with E-state index in [0.717, 1.165) is 18.8 Å². The van der Waals surface area contributed by atoms with Crippen LogP contribution in [0.2, 0.25) is 0 Å². The summed E-state index contributed by atoms with van der Waals surface area (Å²) < 4.78 is 10.9. The number of pyridine rings is 1. The van der Waals surface area contributed by atoms with E-state index in [-0.39, 0.29) is 18.2 Å². The van der Waals surface area contributed by atoms with Gasteiger partial charge in [0, 0.05) is 40.1 Å². The molecule has 5 nitrogen and oxygen atoms in total. The molecule has 1 aliphatic rings. The lowest BCUT2D eigenvalue weighted by Gasteiger charge is -2.25. The fraction of sp³-hybridized carbons (Fsp3) is 0.615. The van der Waals surface area contributed by atoms with Crippen molar-refractivity contribution < 1.29 is 9.47 Å². The van der Waals surface area contributed by atoms with Crippen LogP contribution < -0.4 is 5.73 Å². The quantitative estimate of drug-likeness (QED) is 0.822. The zero-order valence-electron chi connectivity index (χ0n) is 11.0. The van der Waals surface area contributed by atoms with Gasteiger partial charge in [0.25, 0.3) is 0 Å². The topological polar surface area (TPSA) is 60.6 Å². The van der Waals surface area contributed by atoms with Gasteiger partial charge >= 0.3 is 0 Å². The highest BCUT2D eigenvalue weighted by atomic mass is 16.5. The summed E-state index contributed by atoms with van der Waals surface area (Å²) in [6, 6.07) is 6.04. The van der Waals surface area contributed by atoms with Crippen LogP contribution in [0.15, 0.2) is 24.4 Å². The zero-order chi connectivity index (χ0) is 13.0. The van der Waals surface area contributed by atoms with Crippen molar-refractivity contribution >= 4 is 0 Å². The molecule has 2 N–H and O–H groups in total. The third kappa shape index (κ3) is 2.70. The molecule has 1 aromatic rings. The molecule has 1 aliphatic heterocycles. The molecule has 1 saturated heterocycles. The van der Waals surface area contributed by atoms with Crippen molar-refractivity contribution in [2.75, 3.05) is 33.9 Å². The van der Waals surface area contributed by atoms with Gasteiger partial charge in [0.15, 0.2) is 0 Å². The number of nitrogens with zero attached hydrogens (tertiary/aromatic N) is 2. The molecule has 0 aliphatic carbocycles. The molecule has 0 spiro atoms. The number of aromatic nitrogens is 1. The van der Waals surface area contributed by atoms with Crippen LogP contribution in [0, 0.1) is 0 Å². The minimum atomic E-state index is 0.104. The molecule has 2 heterocycles. The first-order valence-electron chi connectivity index (χ1n) is 6.20. The van der Waals surface area contributed by atoms with Crippen LogP contribution in [0.3, 0.4) is 0 Å². The third-order valence-corrected chi connectivity index (χ3v) is 3.54. The van der Waals surface area contributed by atoms with Crippen molar-refractivity contribution in [1.29, 1.82) is 0 Å². The number of ether oxygens (including phenoxy) is 2. The Kier molecular flexibility index (Phi) is 4.66. The molecule has 0 radical (unpaired) electrons. The summed E-state index contributed by atoms with van der Waals surface area (Å²) in [6.07, 6.45) is 2.01. The Hall–Kier alpha value is -1.01. The van der Waals surface area contributed by atoms with Gasteiger partial charge in [-0.1, -0.05) is 6.07 Å². The van der Waals surface area contributed by atoms with Crippen molar-refractivity contribution in [3.05, 3.63) is 30.1 Å². The molecule has 18 heavy (non-hydrogen) atoms. The Balaban J connectivity index is 2.11. The number of likely N-dealkylation sites (tertiary alicyclic amines) is 1. The summed E-state index contributed by atoms with van der Waals surface area (Å²) >= 11 is 0. The molecule has 0 amide bonds. The van der Waals surface area contributed by atoms with Gasteiger partial charge in [-0.05, 0) is 12.1 Å². The van der Waals surface area contributed by atoms with Gasteiger partial charge in [-0.25, -0.2) is 0 Å². The van der Waals surface area contributed by atoms with Gasteiger partial charge in [-0.2, -0.15) is 0 Å². The third-order valence-electron chi connectivity index (χ3n) is 3.54. The predicted octanol–water partition coefficient (Wildman–Crippen LogP) is 0.427. The first-order valence-corrected chi connectivity index (χ1v) is 6.20. The number of rotatable bonds is 5. The van der Waals surface area contributed by atoms with Crippen LogP contribution in [0.1, 0.15) is 11.7 Å². The first-order chi connectivity index (χ1) is 8.80. The molecule has 2 rings (SSSR count). The fourth-order valence-corrected chi connectivity index (χ4v) is 2.51. The number of nitrogens with two attached hydrogens (primary N) is 1. The highest BCUT2D eigenvalue weighted by Crippen LogP contribution is 2.25. The van der Waals surface area contributed by atoms with Crippen molar-refractivity contribution in [2.45, 2.75) is 18.2 Å². The molecule has 1 aromatic heterocycles. The monoisotopic (exact) mass is 251 g/mol. The Morgan fingerprint density at radius 2 is 2.00 bits per heavy atom. The lowest BCUT2D eigenvalue weighted by molar-refractivity contribution is -0.00461. The summed E-state index contributed by atoms with van der Waals surface area (Å²) in [7, 11) is 3.44. The molecule has 3 unspecified atom stereocenters. The lowest BCUT2D eigenvalue weighted by atomic mass is 10.1. The summed E-state index contributed by atoms with van der Waals surface area (Å²) in [5, 5.41) is 0. The second-order valence-corrected chi connectivity index (χ2v) is 4.51. The van der Waals surface area contributed by atoms with E-state index in [2.05, 4.69) is 9.88 Å². The fourth-order valence-electron chi connectivity index (χ4n) is 2.51. The second-order valence-electron chi connectivity index (χ2n) is 4.51. The highest BCUT2D eigenvalue weighted by molar-refractivity contribution is 5.10. The van der Waals surface area contributed by atoms with E-state index in [1.165, 1.54) is 0 Å². The number of methoxy groups -OCH3 is 2. The summed E-state index contributed by atoms with van der Waals surface area (Å²) in [4.78, 5) is 6.68. The highest BCUT2D eigenvalue weighted by Gasteiger charge is 2.36. The van der Waals surface area contributed by atoms with Gasteiger partial charge in [-0.3, -0.25) is 9.88 Å². The maximum Gasteiger partial charge on any atom is 0.0972 e. The minimum absolute atomic E-state index is 0.104. The van der Waals surface area contributed by atoms with Gasteiger partial charge in [0.1, 0.15) is 0 Å². The average molecular weight is 251 g/mol. The van der Waals surface area contributed by atoms with Crippen LogP contribution in [0.25, 0.3) is 0 Å². The van der Waals surface area contributed by atoms with Crippen LogP contribution >= 0.6 is 0 Å². The Morgan fingerprint density at radius 1 is 1.33 bits per heavy atom.